The van der Waals surface area contributed by atoms with E-state index < -0.39 is 0 Å². The molecule has 1 heterocycles. The van der Waals surface area contributed by atoms with Gasteiger partial charge in [-0.25, -0.2) is 9.97 Å². The molecule has 0 aliphatic carbocycles. The third-order valence-corrected chi connectivity index (χ3v) is 2.49. The van der Waals surface area contributed by atoms with Crippen molar-refractivity contribution in [3.05, 3.63) is 16.5 Å². The van der Waals surface area contributed by atoms with Gasteiger partial charge in [-0.15, -0.1) is 0 Å². The lowest BCUT2D eigenvalue weighted by atomic mass is 10.2. The molecule has 90 valence electrons. The molecule has 0 aromatic carbocycles. The Bertz CT molecular complexity index is 344. The number of anilines is 1. The van der Waals surface area contributed by atoms with Crippen LogP contribution in [0, 0.1) is 13.8 Å². The lowest BCUT2D eigenvalue weighted by molar-refractivity contribution is 0.147. The molecule has 4 nitrogen and oxygen atoms in total. The van der Waals surface area contributed by atoms with Crippen molar-refractivity contribution in [2.45, 2.75) is 27.2 Å². The SMILES string of the molecule is CCOCCCNc1nc(Cl)nc(C)c1C. The molecule has 0 amide bonds. The molecule has 1 aromatic rings. The molecule has 0 atom stereocenters. The molecule has 0 aliphatic rings. The highest BCUT2D eigenvalue weighted by molar-refractivity contribution is 6.28. The predicted octanol–water partition coefficient (Wildman–Crippen LogP) is 2.59. The van der Waals surface area contributed by atoms with E-state index in [-0.39, 0.29) is 5.28 Å². The standard InChI is InChI=1S/C11H18ClN3O/c1-4-16-7-5-6-13-10-8(2)9(3)14-11(12)15-10/h4-7H2,1-3H3,(H,13,14,15). The van der Waals surface area contributed by atoms with Crippen LogP contribution in [0.1, 0.15) is 24.6 Å². The Morgan fingerprint density at radius 3 is 2.75 bits per heavy atom. The van der Waals surface area contributed by atoms with Crippen molar-refractivity contribution in [1.82, 2.24) is 9.97 Å². The highest BCUT2D eigenvalue weighted by Crippen LogP contribution is 2.16. The first kappa shape index (κ1) is 13.2. The number of ether oxygens (including phenoxy) is 1. The fraction of sp³-hybridized carbons (Fsp3) is 0.636. The normalized spacial score (nSPS) is 10.5. The zero-order valence-corrected chi connectivity index (χ0v) is 10.8. The number of hydrogen-bond acceptors (Lipinski definition) is 4. The molecule has 0 unspecified atom stereocenters. The predicted molar refractivity (Wildman–Crippen MR) is 66.1 cm³/mol. The van der Waals surface area contributed by atoms with Crippen molar-refractivity contribution >= 4 is 17.4 Å². The summed E-state index contributed by atoms with van der Waals surface area (Å²) < 4.78 is 5.25. The summed E-state index contributed by atoms with van der Waals surface area (Å²) in [6.45, 7) is 8.25. The average Bonchev–Trinajstić information content (AvgIpc) is 2.24. The number of rotatable bonds is 6. The van der Waals surface area contributed by atoms with Crippen molar-refractivity contribution in [1.29, 1.82) is 0 Å². The molecule has 1 N–H and O–H groups in total. The molecule has 0 saturated carbocycles. The van der Waals surface area contributed by atoms with E-state index in [0.29, 0.717) is 0 Å². The second kappa shape index (κ2) is 6.66. The number of nitrogens with zero attached hydrogens (tertiary/aromatic N) is 2. The van der Waals surface area contributed by atoms with E-state index in [1.54, 1.807) is 0 Å². The largest absolute Gasteiger partial charge is 0.382 e. The van der Waals surface area contributed by atoms with Crippen LogP contribution in [0.2, 0.25) is 5.28 Å². The Morgan fingerprint density at radius 2 is 2.06 bits per heavy atom. The summed E-state index contributed by atoms with van der Waals surface area (Å²) in [5.74, 6) is 0.814. The number of halogens is 1. The van der Waals surface area contributed by atoms with Gasteiger partial charge in [0, 0.05) is 31.0 Å². The van der Waals surface area contributed by atoms with E-state index >= 15 is 0 Å². The third-order valence-electron chi connectivity index (χ3n) is 2.32. The van der Waals surface area contributed by atoms with Gasteiger partial charge in [-0.05, 0) is 38.8 Å². The molecule has 0 spiro atoms. The smallest absolute Gasteiger partial charge is 0.224 e. The Morgan fingerprint density at radius 1 is 1.31 bits per heavy atom. The van der Waals surface area contributed by atoms with Crippen molar-refractivity contribution in [3.63, 3.8) is 0 Å². The molecular formula is C11H18ClN3O. The number of aryl methyl sites for hydroxylation is 1. The molecule has 1 aromatic heterocycles. The van der Waals surface area contributed by atoms with E-state index in [4.69, 9.17) is 16.3 Å². The van der Waals surface area contributed by atoms with Gasteiger partial charge in [0.15, 0.2) is 0 Å². The molecule has 0 radical (unpaired) electrons. The molecular weight excluding hydrogens is 226 g/mol. The van der Waals surface area contributed by atoms with Gasteiger partial charge in [0.25, 0.3) is 0 Å². The fourth-order valence-corrected chi connectivity index (χ4v) is 1.50. The van der Waals surface area contributed by atoms with E-state index in [1.807, 2.05) is 20.8 Å². The van der Waals surface area contributed by atoms with Crippen molar-refractivity contribution in [2.75, 3.05) is 25.1 Å². The summed E-state index contributed by atoms with van der Waals surface area (Å²) in [5, 5.41) is 3.53. The lowest BCUT2D eigenvalue weighted by Gasteiger charge is -2.10. The quantitative estimate of drug-likeness (QED) is 0.616. The van der Waals surface area contributed by atoms with Crippen LogP contribution in [0.4, 0.5) is 5.82 Å². The van der Waals surface area contributed by atoms with Gasteiger partial charge in [-0.3, -0.25) is 0 Å². The van der Waals surface area contributed by atoms with Gasteiger partial charge in [0.2, 0.25) is 5.28 Å². The Kier molecular flexibility index (Phi) is 5.49. The molecule has 0 saturated heterocycles. The van der Waals surface area contributed by atoms with Crippen LogP contribution in [-0.4, -0.2) is 29.7 Å². The summed E-state index contributed by atoms with van der Waals surface area (Å²) in [4.78, 5) is 8.23. The maximum atomic E-state index is 5.80. The monoisotopic (exact) mass is 243 g/mol. The highest BCUT2D eigenvalue weighted by Gasteiger charge is 2.05. The van der Waals surface area contributed by atoms with Crippen LogP contribution < -0.4 is 5.32 Å². The van der Waals surface area contributed by atoms with E-state index in [2.05, 4.69) is 15.3 Å². The van der Waals surface area contributed by atoms with Crippen LogP contribution in [0.15, 0.2) is 0 Å². The van der Waals surface area contributed by atoms with Crippen LogP contribution in [0.25, 0.3) is 0 Å². The topological polar surface area (TPSA) is 47.0 Å². The van der Waals surface area contributed by atoms with Crippen molar-refractivity contribution in [3.8, 4) is 0 Å². The minimum atomic E-state index is 0.287. The van der Waals surface area contributed by atoms with Crippen LogP contribution in [0.5, 0.6) is 0 Å². The second-order valence-corrected chi connectivity index (χ2v) is 3.87. The van der Waals surface area contributed by atoms with Gasteiger partial charge >= 0.3 is 0 Å². The van der Waals surface area contributed by atoms with E-state index in [9.17, 15) is 0 Å². The minimum Gasteiger partial charge on any atom is -0.382 e. The Labute approximate surface area is 101 Å². The zero-order valence-electron chi connectivity index (χ0n) is 10.0. The van der Waals surface area contributed by atoms with Gasteiger partial charge in [-0.2, -0.15) is 0 Å². The Hall–Kier alpha value is -0.870. The third kappa shape index (κ3) is 3.94. The van der Waals surface area contributed by atoms with Crippen LogP contribution in [0.3, 0.4) is 0 Å². The maximum absolute atomic E-state index is 5.80. The molecule has 0 bridgehead atoms. The zero-order chi connectivity index (χ0) is 12.0. The van der Waals surface area contributed by atoms with Gasteiger partial charge in [0.05, 0.1) is 0 Å². The number of aromatic nitrogens is 2. The molecule has 5 heteroatoms. The number of nitrogens with one attached hydrogen (secondary N) is 1. The molecule has 16 heavy (non-hydrogen) atoms. The van der Waals surface area contributed by atoms with Gasteiger partial charge in [0.1, 0.15) is 5.82 Å². The van der Waals surface area contributed by atoms with Crippen molar-refractivity contribution in [2.24, 2.45) is 0 Å². The lowest BCUT2D eigenvalue weighted by Crippen LogP contribution is -2.09. The number of hydrogen-bond donors (Lipinski definition) is 1. The fourth-order valence-electron chi connectivity index (χ4n) is 1.29. The summed E-state index contributed by atoms with van der Waals surface area (Å²) in [7, 11) is 0. The summed E-state index contributed by atoms with van der Waals surface area (Å²) in [6, 6.07) is 0. The summed E-state index contributed by atoms with van der Waals surface area (Å²) in [5.41, 5.74) is 1.95. The molecule has 0 aliphatic heterocycles. The minimum absolute atomic E-state index is 0.287. The summed E-state index contributed by atoms with van der Waals surface area (Å²) >= 11 is 5.80. The van der Waals surface area contributed by atoms with Crippen LogP contribution in [-0.2, 0) is 4.74 Å². The van der Waals surface area contributed by atoms with Crippen molar-refractivity contribution < 1.29 is 4.74 Å². The van der Waals surface area contributed by atoms with Crippen LogP contribution >= 0.6 is 11.6 Å². The average molecular weight is 244 g/mol. The highest BCUT2D eigenvalue weighted by atomic mass is 35.5. The Balaban J connectivity index is 2.47. The second-order valence-electron chi connectivity index (χ2n) is 3.53. The molecule has 0 fully saturated rings. The first-order chi connectivity index (χ1) is 7.65. The van der Waals surface area contributed by atoms with Gasteiger partial charge in [-0.1, -0.05) is 0 Å². The molecule has 1 rings (SSSR count). The van der Waals surface area contributed by atoms with E-state index in [1.165, 1.54) is 0 Å². The van der Waals surface area contributed by atoms with Gasteiger partial charge < -0.3 is 10.1 Å². The maximum Gasteiger partial charge on any atom is 0.224 e. The summed E-state index contributed by atoms with van der Waals surface area (Å²) in [6.07, 6.45) is 0.952. The first-order valence-electron chi connectivity index (χ1n) is 5.47. The van der Waals surface area contributed by atoms with E-state index in [0.717, 1.165) is 43.3 Å². The first-order valence-corrected chi connectivity index (χ1v) is 5.85.